The highest BCUT2D eigenvalue weighted by atomic mass is 79.9. The van der Waals surface area contributed by atoms with E-state index in [0.29, 0.717) is 21.6 Å². The van der Waals surface area contributed by atoms with Gasteiger partial charge in [0.2, 0.25) is 11.8 Å². The van der Waals surface area contributed by atoms with Gasteiger partial charge in [-0.15, -0.1) is 23.2 Å². The van der Waals surface area contributed by atoms with Gasteiger partial charge in [-0.05, 0) is 70.6 Å². The van der Waals surface area contributed by atoms with Crippen LogP contribution in [0.1, 0.15) is 16.8 Å². The summed E-state index contributed by atoms with van der Waals surface area (Å²) in [6.07, 6.45) is 0.671. The minimum Gasteiger partial charge on any atom is -0.452 e. The van der Waals surface area contributed by atoms with E-state index in [1.165, 1.54) is 12.1 Å². The van der Waals surface area contributed by atoms with Crippen LogP contribution in [0.5, 0.6) is 0 Å². The summed E-state index contributed by atoms with van der Waals surface area (Å²) in [6.45, 7) is -0.528. The molecule has 2 saturated carbocycles. The van der Waals surface area contributed by atoms with Crippen LogP contribution in [0.25, 0.3) is 0 Å². The van der Waals surface area contributed by atoms with Crippen LogP contribution in [0.3, 0.4) is 0 Å². The Bertz CT molecular complexity index is 1230. The molecule has 0 unspecified atom stereocenters. The molecule has 1 heterocycles. The molecule has 0 spiro atoms. The first-order valence-electron chi connectivity index (χ1n) is 10.9. The van der Waals surface area contributed by atoms with E-state index in [2.05, 4.69) is 21.2 Å². The maximum atomic E-state index is 13.2. The van der Waals surface area contributed by atoms with E-state index in [4.69, 9.17) is 39.5 Å². The van der Waals surface area contributed by atoms with Gasteiger partial charge in [-0.2, -0.15) is 0 Å². The Balaban J connectivity index is 1.26. The van der Waals surface area contributed by atoms with Crippen molar-refractivity contribution >= 4 is 85.8 Å². The highest BCUT2D eigenvalue weighted by molar-refractivity contribution is 9.10. The van der Waals surface area contributed by atoms with Gasteiger partial charge in [0, 0.05) is 10.2 Å². The van der Waals surface area contributed by atoms with E-state index in [1.54, 1.807) is 30.3 Å². The number of anilines is 2. The van der Waals surface area contributed by atoms with Crippen molar-refractivity contribution in [2.24, 2.45) is 23.7 Å². The molecule has 3 fully saturated rings. The van der Waals surface area contributed by atoms with Crippen molar-refractivity contribution in [3.8, 4) is 0 Å². The van der Waals surface area contributed by atoms with Crippen LogP contribution in [0.4, 0.5) is 11.4 Å². The number of nitrogens with zero attached hydrogens (tertiary/aromatic N) is 1. The number of rotatable bonds is 5. The highest BCUT2D eigenvalue weighted by Crippen LogP contribution is 2.59. The van der Waals surface area contributed by atoms with Crippen LogP contribution in [-0.4, -0.2) is 41.1 Å². The standard InChI is InChI=1S/C24H18BrCl3N2O5/c25-15-5-4-11(7-16(15)26)29-17(31)9-35-24(34)10-2-1-3-12(6-10)30-22(32)18-13-8-14(19(18)23(30)33)21(28)20(13)27/h1-7,13-14,18-21H,8-9H2,(H,29,31)/t13-,14-,18-,19-,20+,21+/m1/s1. The number of halogens is 4. The fourth-order valence-corrected chi connectivity index (χ4v) is 6.68. The summed E-state index contributed by atoms with van der Waals surface area (Å²) >= 11 is 22.1. The first-order valence-corrected chi connectivity index (χ1v) is 12.9. The molecule has 3 amide bonds. The number of imide groups is 1. The molecule has 6 atom stereocenters. The highest BCUT2D eigenvalue weighted by Gasteiger charge is 2.66. The Labute approximate surface area is 224 Å². The van der Waals surface area contributed by atoms with E-state index in [-0.39, 0.29) is 45.7 Å². The lowest BCUT2D eigenvalue weighted by atomic mass is 9.80. The zero-order valence-electron chi connectivity index (χ0n) is 17.9. The van der Waals surface area contributed by atoms with Crippen LogP contribution >= 0.6 is 50.7 Å². The minimum absolute atomic E-state index is 0.105. The average Bonchev–Trinajstić information content (AvgIpc) is 3.44. The second-order valence-corrected chi connectivity index (χ2v) is 11.1. The van der Waals surface area contributed by atoms with Crippen LogP contribution in [0.15, 0.2) is 46.9 Å². The molecular weight excluding hydrogens is 583 g/mol. The SMILES string of the molecule is O=C(COC(=O)c1cccc(N2C(=O)[C@@H]3[C@H]4C[C@@H]([C@H](Cl)[C@H]4Cl)[C@H]3C2=O)c1)Nc1ccc(Br)c(Cl)c1. The lowest BCUT2D eigenvalue weighted by molar-refractivity contribution is -0.123. The van der Waals surface area contributed by atoms with Crippen molar-refractivity contribution in [1.29, 1.82) is 0 Å². The van der Waals surface area contributed by atoms with Crippen LogP contribution < -0.4 is 10.2 Å². The average molecular weight is 601 g/mol. The minimum atomic E-state index is -0.767. The number of benzene rings is 2. The summed E-state index contributed by atoms with van der Waals surface area (Å²) < 4.78 is 5.80. The second kappa shape index (κ2) is 9.39. The molecule has 2 bridgehead atoms. The van der Waals surface area contributed by atoms with Crippen molar-refractivity contribution in [3.05, 3.63) is 57.5 Å². The first kappa shape index (κ1) is 24.6. The Hall–Kier alpha value is -2.13. The van der Waals surface area contributed by atoms with Gasteiger partial charge in [0.25, 0.3) is 5.91 Å². The van der Waals surface area contributed by atoms with Gasteiger partial charge >= 0.3 is 5.97 Å². The molecule has 0 radical (unpaired) electrons. The molecule has 1 aliphatic heterocycles. The van der Waals surface area contributed by atoms with Gasteiger partial charge in [0.15, 0.2) is 6.61 Å². The van der Waals surface area contributed by atoms with Gasteiger partial charge in [0.1, 0.15) is 0 Å². The van der Waals surface area contributed by atoms with Gasteiger partial charge < -0.3 is 10.1 Å². The van der Waals surface area contributed by atoms with Gasteiger partial charge in [-0.3, -0.25) is 19.3 Å². The van der Waals surface area contributed by atoms with E-state index in [1.807, 2.05) is 0 Å². The third-order valence-corrected chi connectivity index (χ3v) is 9.42. The lowest BCUT2D eigenvalue weighted by Crippen LogP contribution is -2.37. The van der Waals surface area contributed by atoms with E-state index < -0.39 is 30.3 Å². The summed E-state index contributed by atoms with van der Waals surface area (Å²) in [4.78, 5) is 52.2. The summed E-state index contributed by atoms with van der Waals surface area (Å²) in [5, 5.41) is 2.31. The van der Waals surface area contributed by atoms with Crippen molar-refractivity contribution in [2.45, 2.75) is 17.2 Å². The summed E-state index contributed by atoms with van der Waals surface area (Å²) in [6, 6.07) is 10.9. The Kier molecular flexibility index (Phi) is 6.59. The molecule has 11 heteroatoms. The maximum absolute atomic E-state index is 13.2. The number of carbonyl (C=O) groups excluding carboxylic acids is 4. The van der Waals surface area contributed by atoms with E-state index in [0.717, 1.165) is 4.90 Å². The normalized spacial score (nSPS) is 28.9. The molecule has 1 saturated heterocycles. The molecule has 0 aromatic heterocycles. The molecule has 5 rings (SSSR count). The molecule has 2 aromatic carbocycles. The molecule has 182 valence electrons. The van der Waals surface area contributed by atoms with E-state index >= 15 is 0 Å². The van der Waals surface area contributed by atoms with Crippen molar-refractivity contribution < 1.29 is 23.9 Å². The number of nitrogens with one attached hydrogen (secondary N) is 1. The van der Waals surface area contributed by atoms with Gasteiger partial charge in [0.05, 0.1) is 38.9 Å². The van der Waals surface area contributed by atoms with Crippen molar-refractivity contribution in [3.63, 3.8) is 0 Å². The fraction of sp³-hybridized carbons (Fsp3) is 0.333. The number of carbonyl (C=O) groups is 4. The second-order valence-electron chi connectivity index (χ2n) is 8.82. The zero-order chi connectivity index (χ0) is 25.0. The molecular formula is C24H18BrCl3N2O5. The van der Waals surface area contributed by atoms with Crippen molar-refractivity contribution in [2.75, 3.05) is 16.8 Å². The van der Waals surface area contributed by atoms with E-state index in [9.17, 15) is 19.2 Å². The molecule has 3 aliphatic rings. The number of ether oxygens (including phenoxy) is 1. The fourth-order valence-electron chi connectivity index (χ4n) is 5.36. The lowest BCUT2D eigenvalue weighted by Gasteiger charge is -2.28. The zero-order valence-corrected chi connectivity index (χ0v) is 21.8. The van der Waals surface area contributed by atoms with Crippen LogP contribution in [-0.2, 0) is 19.1 Å². The number of hydrogen-bond acceptors (Lipinski definition) is 5. The van der Waals surface area contributed by atoms with Crippen molar-refractivity contribution in [1.82, 2.24) is 0 Å². The summed E-state index contributed by atoms with van der Waals surface area (Å²) in [7, 11) is 0. The predicted molar refractivity (Wildman–Crippen MR) is 135 cm³/mol. The first-order chi connectivity index (χ1) is 16.7. The number of hydrogen-bond donors (Lipinski definition) is 1. The van der Waals surface area contributed by atoms with Gasteiger partial charge in [-0.1, -0.05) is 17.7 Å². The third kappa shape index (κ3) is 4.24. The Morgan fingerprint density at radius 3 is 2.31 bits per heavy atom. The Morgan fingerprint density at radius 2 is 1.69 bits per heavy atom. The van der Waals surface area contributed by atoms with Crippen LogP contribution in [0, 0.1) is 23.7 Å². The molecule has 2 aromatic rings. The monoisotopic (exact) mass is 598 g/mol. The number of esters is 1. The number of amides is 3. The Morgan fingerprint density at radius 1 is 1.03 bits per heavy atom. The molecule has 7 nitrogen and oxygen atoms in total. The molecule has 35 heavy (non-hydrogen) atoms. The number of alkyl halides is 2. The smallest absolute Gasteiger partial charge is 0.338 e. The predicted octanol–water partition coefficient (Wildman–Crippen LogP) is 4.87. The van der Waals surface area contributed by atoms with Crippen LogP contribution in [0.2, 0.25) is 5.02 Å². The third-order valence-electron chi connectivity index (χ3n) is 6.86. The topological polar surface area (TPSA) is 92.8 Å². The number of fused-ring (bicyclic) bond motifs is 5. The largest absolute Gasteiger partial charge is 0.452 e. The summed E-state index contributed by atoms with van der Waals surface area (Å²) in [5.41, 5.74) is 0.827. The molecule has 2 aliphatic carbocycles. The molecule has 1 N–H and O–H groups in total. The quantitative estimate of drug-likeness (QED) is 0.301. The maximum Gasteiger partial charge on any atom is 0.338 e. The van der Waals surface area contributed by atoms with Gasteiger partial charge in [-0.25, -0.2) is 4.79 Å². The summed E-state index contributed by atoms with van der Waals surface area (Å²) in [5.74, 6) is -3.21.